The average Bonchev–Trinajstić information content (AvgIpc) is 2.37. The molecule has 1 saturated carbocycles. The molecular formula is C14H22FN3O2S. The molecule has 2 rings (SSSR count). The molecule has 0 aliphatic heterocycles. The normalized spacial score (nSPS) is 17.8. The maximum atomic E-state index is 13.8. The lowest BCUT2D eigenvalue weighted by atomic mass is 9.76. The van der Waals surface area contributed by atoms with Crippen LogP contribution in [0.2, 0.25) is 0 Å². The lowest BCUT2D eigenvalue weighted by Gasteiger charge is -2.47. The van der Waals surface area contributed by atoms with Crippen molar-refractivity contribution in [1.29, 1.82) is 0 Å². The third-order valence-corrected chi connectivity index (χ3v) is 5.76. The van der Waals surface area contributed by atoms with Crippen molar-refractivity contribution in [2.45, 2.75) is 36.2 Å². The molecule has 0 aromatic heterocycles. The van der Waals surface area contributed by atoms with Gasteiger partial charge in [-0.25, -0.2) is 17.5 Å². The van der Waals surface area contributed by atoms with Crippen LogP contribution in [0.15, 0.2) is 23.1 Å². The minimum atomic E-state index is -3.87. The first kappa shape index (κ1) is 16.4. The summed E-state index contributed by atoms with van der Waals surface area (Å²) in [5, 5.41) is 0. The average molecular weight is 315 g/mol. The molecule has 1 aromatic rings. The zero-order chi connectivity index (χ0) is 15.7. The van der Waals surface area contributed by atoms with Crippen molar-refractivity contribution in [3.05, 3.63) is 29.6 Å². The molecule has 0 unspecified atom stereocenters. The molecule has 0 bridgehead atoms. The summed E-state index contributed by atoms with van der Waals surface area (Å²) in [6.45, 7) is 0.457. The molecule has 5 nitrogen and oxygen atoms in total. The Bertz CT molecular complexity index is 613. The largest absolute Gasteiger partial charge is 0.326 e. The van der Waals surface area contributed by atoms with E-state index in [-0.39, 0.29) is 23.5 Å². The standard InChI is InChI=1S/C14H22FN3O2S/c1-18(2)14(6-3-7-14)10-17-21(19,20)13-8-11(9-16)4-5-12(13)15/h4-5,8,17H,3,6-7,9-10,16H2,1-2H3. The first-order valence-electron chi connectivity index (χ1n) is 6.96. The highest BCUT2D eigenvalue weighted by molar-refractivity contribution is 7.89. The van der Waals surface area contributed by atoms with Crippen LogP contribution in [0.1, 0.15) is 24.8 Å². The summed E-state index contributed by atoms with van der Waals surface area (Å²) in [5.74, 6) is -0.757. The highest BCUT2D eigenvalue weighted by atomic mass is 32.2. The minimum absolute atomic E-state index is 0.158. The summed E-state index contributed by atoms with van der Waals surface area (Å²) in [6.07, 6.45) is 2.96. The molecule has 1 fully saturated rings. The fourth-order valence-electron chi connectivity index (χ4n) is 2.55. The summed E-state index contributed by atoms with van der Waals surface area (Å²) in [4.78, 5) is 1.70. The number of benzene rings is 1. The van der Waals surface area contributed by atoms with E-state index in [4.69, 9.17) is 5.73 Å². The van der Waals surface area contributed by atoms with Crippen LogP contribution < -0.4 is 10.5 Å². The Morgan fingerprint density at radius 2 is 2.05 bits per heavy atom. The molecule has 1 aromatic carbocycles. The quantitative estimate of drug-likeness (QED) is 0.823. The van der Waals surface area contributed by atoms with Gasteiger partial charge in [-0.1, -0.05) is 6.07 Å². The Hall–Kier alpha value is -1.02. The summed E-state index contributed by atoms with van der Waals surface area (Å²) >= 11 is 0. The van der Waals surface area contributed by atoms with Gasteiger partial charge in [0.2, 0.25) is 10.0 Å². The molecular weight excluding hydrogens is 293 g/mol. The number of hydrogen-bond acceptors (Lipinski definition) is 4. The van der Waals surface area contributed by atoms with Gasteiger partial charge in [-0.15, -0.1) is 0 Å². The highest BCUT2D eigenvalue weighted by Gasteiger charge is 2.40. The lowest BCUT2D eigenvalue weighted by molar-refractivity contribution is 0.0656. The van der Waals surface area contributed by atoms with E-state index in [1.54, 1.807) is 0 Å². The number of nitrogens with zero attached hydrogens (tertiary/aromatic N) is 1. The summed E-state index contributed by atoms with van der Waals surface area (Å²) < 4.78 is 41.0. The molecule has 3 N–H and O–H groups in total. The number of halogens is 1. The number of rotatable bonds is 6. The van der Waals surface area contributed by atoms with Gasteiger partial charge in [-0.3, -0.25) is 0 Å². The number of hydrogen-bond donors (Lipinski definition) is 2. The van der Waals surface area contributed by atoms with E-state index in [9.17, 15) is 12.8 Å². The highest BCUT2D eigenvalue weighted by Crippen LogP contribution is 2.35. The second-order valence-corrected chi connectivity index (χ2v) is 7.50. The third-order valence-electron chi connectivity index (χ3n) is 4.35. The zero-order valence-electron chi connectivity index (χ0n) is 12.4. The van der Waals surface area contributed by atoms with Gasteiger partial charge in [0.15, 0.2) is 0 Å². The topological polar surface area (TPSA) is 75.4 Å². The number of likely N-dealkylation sites (N-methyl/N-ethyl adjacent to an activating group) is 1. The van der Waals surface area contributed by atoms with Crippen LogP contribution in [-0.2, 0) is 16.6 Å². The van der Waals surface area contributed by atoms with E-state index in [0.29, 0.717) is 5.56 Å². The van der Waals surface area contributed by atoms with Crippen molar-refractivity contribution in [2.24, 2.45) is 5.73 Å². The number of nitrogens with two attached hydrogens (primary N) is 1. The van der Waals surface area contributed by atoms with E-state index < -0.39 is 15.8 Å². The first-order chi connectivity index (χ1) is 9.81. The molecule has 0 saturated heterocycles. The second kappa shape index (κ2) is 6.00. The molecule has 7 heteroatoms. The molecule has 21 heavy (non-hydrogen) atoms. The minimum Gasteiger partial charge on any atom is -0.326 e. The first-order valence-corrected chi connectivity index (χ1v) is 8.45. The number of nitrogens with one attached hydrogen (secondary N) is 1. The van der Waals surface area contributed by atoms with Gasteiger partial charge in [0.05, 0.1) is 0 Å². The SMILES string of the molecule is CN(C)C1(CNS(=O)(=O)c2cc(CN)ccc2F)CCC1. The number of sulfonamides is 1. The molecule has 0 spiro atoms. The van der Waals surface area contributed by atoms with E-state index >= 15 is 0 Å². The van der Waals surface area contributed by atoms with Crippen LogP contribution in [0.5, 0.6) is 0 Å². The maximum absolute atomic E-state index is 13.8. The maximum Gasteiger partial charge on any atom is 0.243 e. The smallest absolute Gasteiger partial charge is 0.243 e. The van der Waals surface area contributed by atoms with Crippen LogP contribution in [0.25, 0.3) is 0 Å². The zero-order valence-corrected chi connectivity index (χ0v) is 13.2. The predicted octanol–water partition coefficient (Wildman–Crippen LogP) is 1.05. The van der Waals surface area contributed by atoms with Crippen molar-refractivity contribution < 1.29 is 12.8 Å². The van der Waals surface area contributed by atoms with Crippen LogP contribution in [0.3, 0.4) is 0 Å². The van der Waals surface area contributed by atoms with Gasteiger partial charge in [0, 0.05) is 18.6 Å². The van der Waals surface area contributed by atoms with Crippen molar-refractivity contribution in [3.63, 3.8) is 0 Å². The van der Waals surface area contributed by atoms with Crippen LogP contribution >= 0.6 is 0 Å². The van der Waals surface area contributed by atoms with E-state index in [2.05, 4.69) is 4.72 Å². The second-order valence-electron chi connectivity index (χ2n) is 5.77. The Labute approximate surface area is 125 Å². The summed E-state index contributed by atoms with van der Waals surface area (Å²) in [6, 6.07) is 3.92. The van der Waals surface area contributed by atoms with E-state index in [1.165, 1.54) is 12.1 Å². The fourth-order valence-corrected chi connectivity index (χ4v) is 3.80. The van der Waals surface area contributed by atoms with Crippen molar-refractivity contribution >= 4 is 10.0 Å². The Balaban J connectivity index is 2.19. The molecule has 0 amide bonds. The Morgan fingerprint density at radius 1 is 1.38 bits per heavy atom. The van der Waals surface area contributed by atoms with Gasteiger partial charge in [-0.2, -0.15) is 0 Å². The van der Waals surface area contributed by atoms with Crippen LogP contribution in [0.4, 0.5) is 4.39 Å². The van der Waals surface area contributed by atoms with Gasteiger partial charge < -0.3 is 10.6 Å². The molecule has 118 valence electrons. The molecule has 0 heterocycles. The van der Waals surface area contributed by atoms with Crippen molar-refractivity contribution in [2.75, 3.05) is 20.6 Å². The van der Waals surface area contributed by atoms with Crippen LogP contribution in [0, 0.1) is 5.82 Å². The summed E-state index contributed by atoms with van der Waals surface area (Å²) in [5.41, 5.74) is 5.91. The van der Waals surface area contributed by atoms with Gasteiger partial charge >= 0.3 is 0 Å². The fraction of sp³-hybridized carbons (Fsp3) is 0.571. The lowest BCUT2D eigenvalue weighted by Crippen LogP contribution is -2.57. The third kappa shape index (κ3) is 3.26. The van der Waals surface area contributed by atoms with Crippen molar-refractivity contribution in [1.82, 2.24) is 9.62 Å². The van der Waals surface area contributed by atoms with Gasteiger partial charge in [0.1, 0.15) is 10.7 Å². The Kier molecular flexibility index (Phi) is 4.67. The monoisotopic (exact) mass is 315 g/mol. The van der Waals surface area contributed by atoms with Crippen LogP contribution in [-0.4, -0.2) is 39.5 Å². The Morgan fingerprint density at radius 3 is 2.52 bits per heavy atom. The summed E-state index contributed by atoms with van der Waals surface area (Å²) in [7, 11) is -0.00645. The molecule has 0 atom stereocenters. The molecule has 1 aliphatic carbocycles. The predicted molar refractivity (Wildman–Crippen MR) is 79.7 cm³/mol. The van der Waals surface area contributed by atoms with Gasteiger partial charge in [-0.05, 0) is 51.1 Å². The van der Waals surface area contributed by atoms with E-state index in [0.717, 1.165) is 25.3 Å². The van der Waals surface area contributed by atoms with Gasteiger partial charge in [0.25, 0.3) is 0 Å². The molecule has 1 aliphatic rings. The van der Waals surface area contributed by atoms with Crippen molar-refractivity contribution in [3.8, 4) is 0 Å². The van der Waals surface area contributed by atoms with E-state index in [1.807, 2.05) is 19.0 Å². The molecule has 0 radical (unpaired) electrons.